The zero-order valence-electron chi connectivity index (χ0n) is 14.4. The summed E-state index contributed by atoms with van der Waals surface area (Å²) in [5, 5.41) is 11.1. The van der Waals surface area contributed by atoms with Gasteiger partial charge in [0, 0.05) is 17.2 Å². The maximum Gasteiger partial charge on any atom is 0.231 e. The highest BCUT2D eigenvalue weighted by molar-refractivity contribution is 5.60. The molecular weight excluding hydrogens is 340 g/mol. The first-order valence-electron chi connectivity index (χ1n) is 8.37. The van der Waals surface area contributed by atoms with Gasteiger partial charge in [-0.05, 0) is 18.2 Å². The summed E-state index contributed by atoms with van der Waals surface area (Å²) < 4.78 is 33.7. The van der Waals surface area contributed by atoms with Crippen LogP contribution in [0.15, 0.2) is 24.3 Å². The second kappa shape index (κ2) is 5.60. The summed E-state index contributed by atoms with van der Waals surface area (Å²) in [5.41, 5.74) is 1.51. The quantitative estimate of drug-likeness (QED) is 0.883. The molecule has 3 heterocycles. The van der Waals surface area contributed by atoms with Gasteiger partial charge >= 0.3 is 0 Å². The summed E-state index contributed by atoms with van der Waals surface area (Å²) in [6, 6.07) is 7.25. The van der Waals surface area contributed by atoms with Crippen molar-refractivity contribution in [3.63, 3.8) is 0 Å². The Balaban J connectivity index is 1.62. The largest absolute Gasteiger partial charge is 0.493 e. The molecule has 0 saturated heterocycles. The van der Waals surface area contributed by atoms with Gasteiger partial charge in [0.1, 0.15) is 18.5 Å². The van der Waals surface area contributed by atoms with Crippen LogP contribution in [0.1, 0.15) is 23.1 Å². The van der Waals surface area contributed by atoms with Gasteiger partial charge < -0.3 is 33.5 Å². The maximum atomic E-state index is 11.1. The van der Waals surface area contributed by atoms with Crippen LogP contribution in [0.2, 0.25) is 0 Å². The SMILES string of the molecule is COc1ccc2c(c1OC)OC1COc3cc4c(cc3C1C2O)OCO4. The van der Waals surface area contributed by atoms with E-state index in [4.69, 9.17) is 28.4 Å². The molecule has 0 aliphatic carbocycles. The first-order chi connectivity index (χ1) is 12.7. The number of methoxy groups -OCH3 is 2. The Labute approximate surface area is 150 Å². The molecule has 0 bridgehead atoms. The van der Waals surface area contributed by atoms with Crippen LogP contribution in [0.4, 0.5) is 0 Å². The standard InChI is InChI=1S/C19H18O7/c1-21-11-4-3-9-17(20)16-10-5-13-14(25-8-24-13)6-12(10)23-7-15(16)26-18(9)19(11)22-2/h3-6,15-17,20H,7-8H2,1-2H3. The Morgan fingerprint density at radius 1 is 0.962 bits per heavy atom. The lowest BCUT2D eigenvalue weighted by molar-refractivity contribution is -0.000425. The number of hydrogen-bond donors (Lipinski definition) is 1. The molecule has 0 radical (unpaired) electrons. The van der Waals surface area contributed by atoms with Crippen LogP contribution < -0.4 is 28.4 Å². The second-order valence-electron chi connectivity index (χ2n) is 6.40. The van der Waals surface area contributed by atoms with E-state index in [9.17, 15) is 5.11 Å². The highest BCUT2D eigenvalue weighted by atomic mass is 16.7. The molecule has 136 valence electrons. The van der Waals surface area contributed by atoms with Crippen LogP contribution in [0, 0.1) is 0 Å². The summed E-state index contributed by atoms with van der Waals surface area (Å²) in [4.78, 5) is 0. The van der Waals surface area contributed by atoms with E-state index in [1.807, 2.05) is 12.1 Å². The van der Waals surface area contributed by atoms with Gasteiger partial charge in [-0.1, -0.05) is 0 Å². The Hall–Kier alpha value is -2.80. The van der Waals surface area contributed by atoms with Crippen molar-refractivity contribution in [2.75, 3.05) is 27.6 Å². The average Bonchev–Trinajstić information content (AvgIpc) is 3.12. The van der Waals surface area contributed by atoms with Crippen molar-refractivity contribution in [1.82, 2.24) is 0 Å². The van der Waals surface area contributed by atoms with Crippen molar-refractivity contribution in [2.24, 2.45) is 0 Å². The molecule has 3 aliphatic heterocycles. The highest BCUT2D eigenvalue weighted by Gasteiger charge is 2.45. The van der Waals surface area contributed by atoms with Crippen LogP contribution in [0.25, 0.3) is 0 Å². The topological polar surface area (TPSA) is 75.6 Å². The molecule has 7 nitrogen and oxygen atoms in total. The number of ether oxygens (including phenoxy) is 6. The number of aliphatic hydroxyl groups excluding tert-OH is 1. The van der Waals surface area contributed by atoms with E-state index in [0.29, 0.717) is 46.7 Å². The normalized spacial score (nSPS) is 24.5. The minimum atomic E-state index is -0.772. The Bertz CT molecular complexity index is 879. The van der Waals surface area contributed by atoms with Crippen LogP contribution in [0.3, 0.4) is 0 Å². The van der Waals surface area contributed by atoms with E-state index < -0.39 is 6.10 Å². The predicted molar refractivity (Wildman–Crippen MR) is 89.7 cm³/mol. The molecule has 7 heteroatoms. The minimum Gasteiger partial charge on any atom is -0.493 e. The van der Waals surface area contributed by atoms with Crippen LogP contribution in [-0.2, 0) is 0 Å². The Morgan fingerprint density at radius 3 is 2.54 bits per heavy atom. The predicted octanol–water partition coefficient (Wildman–Crippen LogP) is 2.40. The molecule has 1 N–H and O–H groups in total. The molecule has 2 aromatic rings. The third kappa shape index (κ3) is 2.03. The monoisotopic (exact) mass is 358 g/mol. The molecular formula is C19H18O7. The molecule has 0 spiro atoms. The van der Waals surface area contributed by atoms with Crippen LogP contribution in [-0.4, -0.2) is 38.8 Å². The molecule has 3 unspecified atom stereocenters. The van der Waals surface area contributed by atoms with Gasteiger partial charge in [-0.15, -0.1) is 0 Å². The Morgan fingerprint density at radius 2 is 1.77 bits per heavy atom. The minimum absolute atomic E-state index is 0.186. The summed E-state index contributed by atoms with van der Waals surface area (Å²) in [7, 11) is 3.11. The molecule has 0 fully saturated rings. The molecule has 26 heavy (non-hydrogen) atoms. The van der Waals surface area contributed by atoms with E-state index in [-0.39, 0.29) is 18.8 Å². The molecule has 3 aliphatic rings. The van der Waals surface area contributed by atoms with E-state index >= 15 is 0 Å². The summed E-state index contributed by atoms with van der Waals surface area (Å²) in [5.74, 6) is 3.23. The van der Waals surface area contributed by atoms with Crippen molar-refractivity contribution in [3.8, 4) is 34.5 Å². The number of rotatable bonds is 2. The summed E-state index contributed by atoms with van der Waals surface area (Å²) in [6.45, 7) is 0.499. The average molecular weight is 358 g/mol. The molecule has 0 saturated carbocycles. The van der Waals surface area contributed by atoms with Gasteiger partial charge in [-0.2, -0.15) is 0 Å². The van der Waals surface area contributed by atoms with E-state index in [0.717, 1.165) is 5.56 Å². The van der Waals surface area contributed by atoms with Crippen molar-refractivity contribution in [2.45, 2.75) is 18.1 Å². The van der Waals surface area contributed by atoms with Crippen molar-refractivity contribution < 1.29 is 33.5 Å². The molecule has 0 amide bonds. The molecule has 0 aromatic heterocycles. The van der Waals surface area contributed by atoms with Crippen molar-refractivity contribution in [3.05, 3.63) is 35.4 Å². The zero-order valence-corrected chi connectivity index (χ0v) is 14.4. The maximum absolute atomic E-state index is 11.1. The van der Waals surface area contributed by atoms with E-state index in [1.54, 1.807) is 26.4 Å². The lowest BCUT2D eigenvalue weighted by Crippen LogP contribution is -2.41. The molecule has 5 rings (SSSR count). The molecule has 2 aromatic carbocycles. The molecule has 3 atom stereocenters. The first-order valence-corrected chi connectivity index (χ1v) is 8.37. The fourth-order valence-corrected chi connectivity index (χ4v) is 3.89. The fourth-order valence-electron chi connectivity index (χ4n) is 3.89. The fraction of sp³-hybridized carbons (Fsp3) is 0.368. The lowest BCUT2D eigenvalue weighted by atomic mass is 9.80. The van der Waals surface area contributed by atoms with Crippen LogP contribution in [0.5, 0.6) is 34.5 Å². The third-order valence-electron chi connectivity index (χ3n) is 5.13. The summed E-state index contributed by atoms with van der Waals surface area (Å²) >= 11 is 0. The third-order valence-corrected chi connectivity index (χ3v) is 5.13. The summed E-state index contributed by atoms with van der Waals surface area (Å²) in [6.07, 6.45) is -1.13. The highest BCUT2D eigenvalue weighted by Crippen LogP contribution is 2.54. The van der Waals surface area contributed by atoms with Gasteiger partial charge in [0.05, 0.1) is 26.2 Å². The zero-order chi connectivity index (χ0) is 17.8. The number of hydrogen-bond acceptors (Lipinski definition) is 7. The van der Waals surface area contributed by atoms with Crippen molar-refractivity contribution in [1.29, 1.82) is 0 Å². The number of fused-ring (bicyclic) bond motifs is 5. The smallest absolute Gasteiger partial charge is 0.231 e. The van der Waals surface area contributed by atoms with E-state index in [1.165, 1.54) is 0 Å². The lowest BCUT2D eigenvalue weighted by Gasteiger charge is -2.41. The van der Waals surface area contributed by atoms with E-state index in [2.05, 4.69) is 0 Å². The van der Waals surface area contributed by atoms with Crippen LogP contribution >= 0.6 is 0 Å². The van der Waals surface area contributed by atoms with Gasteiger partial charge in [0.25, 0.3) is 0 Å². The Kier molecular flexibility index (Phi) is 3.33. The number of benzene rings is 2. The van der Waals surface area contributed by atoms with Gasteiger partial charge in [0.2, 0.25) is 12.5 Å². The van der Waals surface area contributed by atoms with Gasteiger partial charge in [0.15, 0.2) is 23.0 Å². The van der Waals surface area contributed by atoms with Crippen molar-refractivity contribution >= 4 is 0 Å². The van der Waals surface area contributed by atoms with Gasteiger partial charge in [-0.3, -0.25) is 0 Å². The second-order valence-corrected chi connectivity index (χ2v) is 6.40. The number of aliphatic hydroxyl groups is 1. The van der Waals surface area contributed by atoms with Gasteiger partial charge in [-0.25, -0.2) is 0 Å². The first kappa shape index (κ1) is 15.5.